The Balaban J connectivity index is 1.56. The molecule has 0 spiro atoms. The third-order valence-electron chi connectivity index (χ3n) is 6.39. The molecule has 2 heterocycles. The van der Waals surface area contributed by atoms with Crippen LogP contribution in [0.4, 0.5) is 15.8 Å². The smallest absolute Gasteiger partial charge is 0.270 e. The van der Waals surface area contributed by atoms with Gasteiger partial charge in [0.1, 0.15) is 11.3 Å². The number of anilines is 2. The molecule has 0 bridgehead atoms. The fourth-order valence-corrected chi connectivity index (χ4v) is 5.01. The summed E-state index contributed by atoms with van der Waals surface area (Å²) < 4.78 is 20.4. The maximum absolute atomic E-state index is 14.5. The minimum atomic E-state index is -0.832. The predicted molar refractivity (Wildman–Crippen MR) is 159 cm³/mol. The van der Waals surface area contributed by atoms with E-state index in [4.69, 9.17) is 28.6 Å². The van der Waals surface area contributed by atoms with Gasteiger partial charge in [0.15, 0.2) is 5.11 Å². The number of carbonyl (C=O) groups is 2. The van der Waals surface area contributed by atoms with Gasteiger partial charge in [-0.15, -0.1) is 0 Å². The van der Waals surface area contributed by atoms with E-state index in [1.807, 2.05) is 36.4 Å². The number of aromatic nitrogens is 2. The number of benzene rings is 4. The molecule has 0 unspecified atom stereocenters. The van der Waals surface area contributed by atoms with Crippen LogP contribution in [0.25, 0.3) is 16.8 Å². The van der Waals surface area contributed by atoms with Crippen LogP contribution in [0, 0.1) is 5.82 Å². The summed E-state index contributed by atoms with van der Waals surface area (Å²) in [6.07, 6.45) is 2.34. The molecule has 1 fully saturated rings. The minimum Gasteiger partial charge on any atom is -0.436 e. The van der Waals surface area contributed by atoms with Gasteiger partial charge in [0.25, 0.3) is 17.7 Å². The second-order valence-corrected chi connectivity index (χ2v) is 9.59. The van der Waals surface area contributed by atoms with Crippen molar-refractivity contribution in [3.63, 3.8) is 0 Å². The lowest BCUT2D eigenvalue weighted by atomic mass is 9.99. The minimum absolute atomic E-state index is 0.0154. The summed E-state index contributed by atoms with van der Waals surface area (Å²) in [5.41, 5.74) is 1.18. The molecule has 6 rings (SSSR count). The fourth-order valence-electron chi connectivity index (χ4n) is 4.50. The number of carbonyl (C=O) groups excluding carboxylic acids is 2. The predicted octanol–water partition coefficient (Wildman–Crippen LogP) is 6.96. The van der Waals surface area contributed by atoms with Gasteiger partial charge in [-0.05, 0) is 71.0 Å². The molecule has 0 N–H and O–H groups in total. The third-order valence-corrected chi connectivity index (χ3v) is 6.93. The molecule has 5 aromatic rings. The average Bonchev–Trinajstić information content (AvgIpc) is 2.99. The number of ether oxygens (including phenoxy) is 1. The molecule has 4 aromatic carbocycles. The van der Waals surface area contributed by atoms with Crippen molar-refractivity contribution in [2.75, 3.05) is 9.80 Å². The van der Waals surface area contributed by atoms with Crippen LogP contribution in [0.1, 0.15) is 5.56 Å². The van der Waals surface area contributed by atoms with E-state index in [2.05, 4.69) is 9.97 Å². The third kappa shape index (κ3) is 4.93. The van der Waals surface area contributed by atoms with Crippen LogP contribution < -0.4 is 14.5 Å². The van der Waals surface area contributed by atoms with Gasteiger partial charge in [0.2, 0.25) is 11.1 Å². The number of nitrogens with zero attached hydrogens (tertiary/aromatic N) is 4. The SMILES string of the molecule is O=C1C(=Cc2c(Oc3nc(Cl)ncc3F)ccc3ccccc23)C(=O)N(c2ccccc2)C(=S)N1c1ccccc1. The topological polar surface area (TPSA) is 75.6 Å². The Kier molecular flexibility index (Phi) is 6.96. The number of hydrogen-bond acceptors (Lipinski definition) is 6. The highest BCUT2D eigenvalue weighted by molar-refractivity contribution is 7.81. The van der Waals surface area contributed by atoms with Gasteiger partial charge in [-0.3, -0.25) is 19.4 Å². The molecular formula is C31H18ClFN4O3S. The van der Waals surface area contributed by atoms with Crippen LogP contribution in [0.3, 0.4) is 0 Å². The standard InChI is InChI=1S/C31H18ClFN4O3S/c32-30-34-18-25(33)27(35-30)40-26-16-15-19-9-7-8-14-22(19)23(26)17-24-28(38)36(20-10-3-1-4-11-20)31(41)37(29(24)39)21-12-5-2-6-13-21/h1-18H. The van der Waals surface area contributed by atoms with Crippen molar-refractivity contribution in [3.8, 4) is 11.6 Å². The van der Waals surface area contributed by atoms with E-state index in [-0.39, 0.29) is 21.7 Å². The summed E-state index contributed by atoms with van der Waals surface area (Å²) in [7, 11) is 0. The highest BCUT2D eigenvalue weighted by Gasteiger charge is 2.41. The van der Waals surface area contributed by atoms with Crippen molar-refractivity contribution in [1.29, 1.82) is 0 Å². The number of halogens is 2. The molecule has 1 aliphatic rings. The number of thiocarbonyl (C=S) groups is 1. The maximum atomic E-state index is 14.5. The molecule has 0 atom stereocenters. The van der Waals surface area contributed by atoms with Gasteiger partial charge < -0.3 is 4.74 Å². The molecule has 200 valence electrons. The van der Waals surface area contributed by atoms with Gasteiger partial charge in [-0.2, -0.15) is 9.37 Å². The van der Waals surface area contributed by atoms with Gasteiger partial charge >= 0.3 is 0 Å². The molecule has 1 aliphatic heterocycles. The first-order chi connectivity index (χ1) is 19.9. The highest BCUT2D eigenvalue weighted by atomic mass is 35.5. The van der Waals surface area contributed by atoms with Crippen LogP contribution in [0.5, 0.6) is 11.6 Å². The van der Waals surface area contributed by atoms with E-state index < -0.39 is 23.5 Å². The van der Waals surface area contributed by atoms with Gasteiger partial charge in [-0.1, -0.05) is 66.7 Å². The van der Waals surface area contributed by atoms with Crippen molar-refractivity contribution in [3.05, 3.63) is 125 Å². The molecule has 0 radical (unpaired) electrons. The second kappa shape index (κ2) is 10.9. The first-order valence-corrected chi connectivity index (χ1v) is 13.1. The first-order valence-electron chi connectivity index (χ1n) is 12.3. The number of hydrogen-bond donors (Lipinski definition) is 0. The van der Waals surface area contributed by atoms with E-state index in [1.165, 1.54) is 15.9 Å². The lowest BCUT2D eigenvalue weighted by molar-refractivity contribution is -0.120. The molecule has 0 aliphatic carbocycles. The van der Waals surface area contributed by atoms with Crippen molar-refractivity contribution in [2.24, 2.45) is 0 Å². The van der Waals surface area contributed by atoms with Crippen molar-refractivity contribution in [1.82, 2.24) is 9.97 Å². The van der Waals surface area contributed by atoms with E-state index in [0.29, 0.717) is 22.3 Å². The lowest BCUT2D eigenvalue weighted by Crippen LogP contribution is -2.56. The summed E-state index contributed by atoms with van der Waals surface area (Å²) in [6.45, 7) is 0. The van der Waals surface area contributed by atoms with Gasteiger partial charge in [0.05, 0.1) is 17.6 Å². The van der Waals surface area contributed by atoms with Gasteiger partial charge in [-0.25, -0.2) is 4.98 Å². The lowest BCUT2D eigenvalue weighted by Gasteiger charge is -2.36. The molecule has 41 heavy (non-hydrogen) atoms. The van der Waals surface area contributed by atoms with E-state index in [9.17, 15) is 14.0 Å². The Morgan fingerprint density at radius 1 is 0.805 bits per heavy atom. The highest BCUT2D eigenvalue weighted by Crippen LogP contribution is 2.36. The van der Waals surface area contributed by atoms with Crippen molar-refractivity contribution < 1.29 is 18.7 Å². The van der Waals surface area contributed by atoms with Crippen molar-refractivity contribution >= 4 is 69.0 Å². The number of rotatable bonds is 5. The summed E-state index contributed by atoms with van der Waals surface area (Å²) in [4.78, 5) is 38.1. The first kappa shape index (κ1) is 26.2. The zero-order valence-corrected chi connectivity index (χ0v) is 22.6. The molecule has 0 saturated carbocycles. The zero-order chi connectivity index (χ0) is 28.5. The Morgan fingerprint density at radius 2 is 1.39 bits per heavy atom. The number of fused-ring (bicyclic) bond motifs is 1. The molecule has 1 aromatic heterocycles. The molecule has 7 nitrogen and oxygen atoms in total. The van der Waals surface area contributed by atoms with E-state index in [0.717, 1.165) is 11.6 Å². The molecule has 2 amide bonds. The van der Waals surface area contributed by atoms with Crippen LogP contribution in [0.2, 0.25) is 5.28 Å². The maximum Gasteiger partial charge on any atom is 0.270 e. The van der Waals surface area contributed by atoms with Crippen LogP contribution in [0.15, 0.2) is 109 Å². The average molecular weight is 581 g/mol. The monoisotopic (exact) mass is 580 g/mol. The molecule has 10 heteroatoms. The normalized spacial score (nSPS) is 13.6. The fraction of sp³-hybridized carbons (Fsp3) is 0. The number of para-hydroxylation sites is 2. The summed E-state index contributed by atoms with van der Waals surface area (Å²) >= 11 is 11.6. The molecule has 1 saturated heterocycles. The molecular weight excluding hydrogens is 563 g/mol. The summed E-state index contributed by atoms with van der Waals surface area (Å²) in [5.74, 6) is -2.32. The van der Waals surface area contributed by atoms with Crippen LogP contribution >= 0.6 is 23.8 Å². The van der Waals surface area contributed by atoms with Crippen LogP contribution in [-0.4, -0.2) is 26.9 Å². The summed E-state index contributed by atoms with van der Waals surface area (Å²) in [5, 5.41) is 1.27. The quantitative estimate of drug-likeness (QED) is 0.0968. The Bertz CT molecular complexity index is 1800. The Hall–Kier alpha value is -4.99. The Labute approximate surface area is 244 Å². The second-order valence-electron chi connectivity index (χ2n) is 8.89. The van der Waals surface area contributed by atoms with Crippen molar-refractivity contribution in [2.45, 2.75) is 0 Å². The number of amides is 2. The van der Waals surface area contributed by atoms with Gasteiger partial charge in [0, 0.05) is 5.56 Å². The van der Waals surface area contributed by atoms with Crippen LogP contribution in [-0.2, 0) is 9.59 Å². The van der Waals surface area contributed by atoms with E-state index >= 15 is 0 Å². The zero-order valence-electron chi connectivity index (χ0n) is 21.1. The largest absolute Gasteiger partial charge is 0.436 e. The van der Waals surface area contributed by atoms with E-state index in [1.54, 1.807) is 60.7 Å². The summed E-state index contributed by atoms with van der Waals surface area (Å²) in [6, 6.07) is 28.4. The Morgan fingerprint density at radius 3 is 2.02 bits per heavy atom.